The van der Waals surface area contributed by atoms with Crippen LogP contribution in [0.5, 0.6) is 0 Å². The first-order chi connectivity index (χ1) is 9.75. The van der Waals surface area contributed by atoms with Crippen molar-refractivity contribution in [3.05, 3.63) is 35.4 Å². The number of esters is 1. The van der Waals surface area contributed by atoms with Crippen molar-refractivity contribution in [3.8, 4) is 0 Å². The molecule has 2 aliphatic heterocycles. The predicted molar refractivity (Wildman–Crippen MR) is 76.6 cm³/mol. The van der Waals surface area contributed by atoms with Gasteiger partial charge < -0.3 is 15.0 Å². The number of nitrogens with zero attached hydrogens (tertiary/aromatic N) is 2. The highest BCUT2D eigenvalue weighted by Gasteiger charge is 2.31. The normalized spacial score (nSPS) is 21.6. The lowest BCUT2D eigenvalue weighted by atomic mass is 10.1. The molecule has 106 valence electrons. The van der Waals surface area contributed by atoms with E-state index in [1.165, 1.54) is 0 Å². The second-order valence-corrected chi connectivity index (χ2v) is 5.14. The number of aryl methyl sites for hydroxylation is 1. The number of fused-ring (bicyclic) bond motifs is 1. The molecule has 1 N–H and O–H groups in total. The largest absolute Gasteiger partial charge is 0.438 e. The summed E-state index contributed by atoms with van der Waals surface area (Å²) in [6.45, 7) is 4.45. The predicted octanol–water partition coefficient (Wildman–Crippen LogP) is 1.53. The van der Waals surface area contributed by atoms with Gasteiger partial charge in [-0.15, -0.1) is 0 Å². The standard InChI is InChI=1S/C15H19N3O2/c1-11-5-2-3-6-12(11)14(19)20-13-7-9-17-15-16-8-4-10-18(13)15/h2-3,5-6,13H,4,7-10H2,1H3,(H,16,17). The van der Waals surface area contributed by atoms with Crippen molar-refractivity contribution < 1.29 is 9.53 Å². The van der Waals surface area contributed by atoms with Gasteiger partial charge in [0, 0.05) is 26.1 Å². The molecule has 1 aromatic carbocycles. The summed E-state index contributed by atoms with van der Waals surface area (Å²) >= 11 is 0. The van der Waals surface area contributed by atoms with Gasteiger partial charge >= 0.3 is 5.97 Å². The lowest BCUT2D eigenvalue weighted by Gasteiger charge is -2.39. The fraction of sp³-hybridized carbons (Fsp3) is 0.467. The first kappa shape index (κ1) is 13.0. The number of ether oxygens (including phenoxy) is 1. The molecule has 0 bridgehead atoms. The Morgan fingerprint density at radius 2 is 2.30 bits per heavy atom. The maximum atomic E-state index is 12.3. The molecule has 1 aromatic rings. The highest BCUT2D eigenvalue weighted by molar-refractivity contribution is 5.91. The van der Waals surface area contributed by atoms with E-state index in [9.17, 15) is 4.79 Å². The van der Waals surface area contributed by atoms with Gasteiger partial charge in [-0.05, 0) is 25.0 Å². The number of guanidine groups is 1. The minimum absolute atomic E-state index is 0.206. The summed E-state index contributed by atoms with van der Waals surface area (Å²) in [5.74, 6) is 0.616. The zero-order chi connectivity index (χ0) is 13.9. The Morgan fingerprint density at radius 3 is 3.15 bits per heavy atom. The first-order valence-electron chi connectivity index (χ1n) is 7.07. The van der Waals surface area contributed by atoms with Gasteiger partial charge in [0.1, 0.15) is 0 Å². The second kappa shape index (κ2) is 5.53. The molecule has 0 amide bonds. The summed E-state index contributed by atoms with van der Waals surface area (Å²) in [5, 5.41) is 3.26. The Hall–Kier alpha value is -2.04. The fourth-order valence-corrected chi connectivity index (χ4v) is 2.64. The van der Waals surface area contributed by atoms with E-state index in [1.807, 2.05) is 31.2 Å². The fourth-order valence-electron chi connectivity index (χ4n) is 2.64. The third-order valence-corrected chi connectivity index (χ3v) is 3.72. The monoisotopic (exact) mass is 273 g/mol. The zero-order valence-corrected chi connectivity index (χ0v) is 11.6. The number of nitrogens with one attached hydrogen (secondary N) is 1. The van der Waals surface area contributed by atoms with E-state index in [0.29, 0.717) is 5.56 Å². The summed E-state index contributed by atoms with van der Waals surface area (Å²) in [7, 11) is 0. The quantitative estimate of drug-likeness (QED) is 0.830. The molecule has 0 radical (unpaired) electrons. The van der Waals surface area contributed by atoms with E-state index in [1.54, 1.807) is 0 Å². The lowest BCUT2D eigenvalue weighted by molar-refractivity contribution is -0.0185. The number of rotatable bonds is 2. The number of hydrogen-bond donors (Lipinski definition) is 1. The molecule has 5 heteroatoms. The Balaban J connectivity index is 1.74. The van der Waals surface area contributed by atoms with Crippen molar-refractivity contribution in [1.29, 1.82) is 0 Å². The highest BCUT2D eigenvalue weighted by atomic mass is 16.6. The van der Waals surface area contributed by atoms with Crippen LogP contribution < -0.4 is 5.32 Å². The van der Waals surface area contributed by atoms with Gasteiger partial charge in [0.05, 0.1) is 5.56 Å². The number of benzene rings is 1. The highest BCUT2D eigenvalue weighted by Crippen LogP contribution is 2.18. The SMILES string of the molecule is Cc1ccccc1C(=O)OC1CCNC2=NCCCN21. The van der Waals surface area contributed by atoms with Crippen LogP contribution >= 0.6 is 0 Å². The third kappa shape index (κ3) is 2.48. The van der Waals surface area contributed by atoms with Gasteiger partial charge in [-0.25, -0.2) is 4.79 Å². The molecule has 2 heterocycles. The number of aliphatic imine (C=N–C) groups is 1. The third-order valence-electron chi connectivity index (χ3n) is 3.72. The van der Waals surface area contributed by atoms with Crippen molar-refractivity contribution in [2.24, 2.45) is 4.99 Å². The summed E-state index contributed by atoms with van der Waals surface area (Å²) in [5.41, 5.74) is 1.58. The van der Waals surface area contributed by atoms with Gasteiger partial charge in [-0.2, -0.15) is 0 Å². The molecule has 0 spiro atoms. The van der Waals surface area contributed by atoms with Crippen molar-refractivity contribution in [2.45, 2.75) is 26.0 Å². The van der Waals surface area contributed by atoms with Gasteiger partial charge in [0.15, 0.2) is 12.2 Å². The zero-order valence-electron chi connectivity index (χ0n) is 11.6. The van der Waals surface area contributed by atoms with Crippen LogP contribution in [0.1, 0.15) is 28.8 Å². The molecule has 0 aromatic heterocycles. The summed E-state index contributed by atoms with van der Waals surface area (Å²) in [6.07, 6.45) is 1.59. The Morgan fingerprint density at radius 1 is 1.45 bits per heavy atom. The van der Waals surface area contributed by atoms with Crippen LogP contribution in [0.25, 0.3) is 0 Å². The van der Waals surface area contributed by atoms with Crippen molar-refractivity contribution >= 4 is 11.9 Å². The number of carbonyl (C=O) groups excluding carboxylic acids is 1. The van der Waals surface area contributed by atoms with Gasteiger partial charge in [0.25, 0.3) is 0 Å². The van der Waals surface area contributed by atoms with Crippen LogP contribution in [0.2, 0.25) is 0 Å². The van der Waals surface area contributed by atoms with E-state index in [-0.39, 0.29) is 12.2 Å². The maximum Gasteiger partial charge on any atom is 0.340 e. The van der Waals surface area contributed by atoms with E-state index in [4.69, 9.17) is 4.74 Å². The van der Waals surface area contributed by atoms with Crippen LogP contribution in [-0.2, 0) is 4.74 Å². The van der Waals surface area contributed by atoms with Crippen molar-refractivity contribution in [3.63, 3.8) is 0 Å². The Bertz CT molecular complexity index is 542. The molecule has 0 saturated carbocycles. The second-order valence-electron chi connectivity index (χ2n) is 5.14. The Labute approximate surface area is 118 Å². The number of hydrogen-bond acceptors (Lipinski definition) is 5. The molecule has 1 unspecified atom stereocenters. The van der Waals surface area contributed by atoms with Gasteiger partial charge in [-0.1, -0.05) is 18.2 Å². The molecule has 0 aliphatic carbocycles. The molecular weight excluding hydrogens is 254 g/mol. The van der Waals surface area contributed by atoms with Crippen LogP contribution in [0, 0.1) is 6.92 Å². The summed E-state index contributed by atoms with van der Waals surface area (Å²) in [4.78, 5) is 18.8. The first-order valence-corrected chi connectivity index (χ1v) is 7.07. The topological polar surface area (TPSA) is 53.9 Å². The van der Waals surface area contributed by atoms with E-state index < -0.39 is 0 Å². The minimum Gasteiger partial charge on any atom is -0.438 e. The molecular formula is C15H19N3O2. The molecule has 1 fully saturated rings. The summed E-state index contributed by atoms with van der Waals surface area (Å²) in [6, 6.07) is 7.52. The van der Waals surface area contributed by atoms with Crippen LogP contribution in [0.15, 0.2) is 29.3 Å². The van der Waals surface area contributed by atoms with Gasteiger partial charge in [-0.3, -0.25) is 4.99 Å². The minimum atomic E-state index is -0.250. The number of carbonyl (C=O) groups is 1. The van der Waals surface area contributed by atoms with Crippen LogP contribution in [0.4, 0.5) is 0 Å². The summed E-state index contributed by atoms with van der Waals surface area (Å²) < 4.78 is 5.69. The molecule has 2 aliphatic rings. The molecule has 1 saturated heterocycles. The van der Waals surface area contributed by atoms with E-state index in [2.05, 4.69) is 15.2 Å². The van der Waals surface area contributed by atoms with Crippen molar-refractivity contribution in [1.82, 2.24) is 10.2 Å². The Kier molecular flexibility index (Phi) is 3.58. The lowest BCUT2D eigenvalue weighted by Crippen LogP contribution is -2.56. The molecule has 3 rings (SSSR count). The molecule has 20 heavy (non-hydrogen) atoms. The van der Waals surface area contributed by atoms with E-state index >= 15 is 0 Å². The average molecular weight is 273 g/mol. The smallest absolute Gasteiger partial charge is 0.340 e. The van der Waals surface area contributed by atoms with Crippen molar-refractivity contribution in [2.75, 3.05) is 19.6 Å². The van der Waals surface area contributed by atoms with Crippen LogP contribution in [0.3, 0.4) is 0 Å². The van der Waals surface area contributed by atoms with Gasteiger partial charge in [0.2, 0.25) is 0 Å². The molecule has 1 atom stereocenters. The molecule has 5 nitrogen and oxygen atoms in total. The van der Waals surface area contributed by atoms with Crippen LogP contribution in [-0.4, -0.2) is 42.7 Å². The van der Waals surface area contributed by atoms with E-state index in [0.717, 1.165) is 44.0 Å². The average Bonchev–Trinajstić information content (AvgIpc) is 2.48. The maximum absolute atomic E-state index is 12.3.